The molecule has 0 radical (unpaired) electrons. The zero-order chi connectivity index (χ0) is 48.9. The molecule has 364 valence electrons. The Morgan fingerprint density at radius 1 is 0.884 bits per heavy atom. The zero-order valence-corrected chi connectivity index (χ0v) is 38.2. The minimum atomic E-state index is -1.67. The highest BCUT2D eigenvalue weighted by Crippen LogP contribution is 2.62. The van der Waals surface area contributed by atoms with Crippen molar-refractivity contribution in [3.8, 4) is 17.2 Å². The van der Waals surface area contributed by atoms with E-state index in [9.17, 15) is 39.6 Å². The summed E-state index contributed by atoms with van der Waals surface area (Å²) in [6.45, 7) is 7.67. The monoisotopic (exact) mass is 948 g/mol. The smallest absolute Gasteiger partial charge is 0.410 e. The highest BCUT2D eigenvalue weighted by Gasteiger charge is 2.65. The molecule has 1 fully saturated rings. The van der Waals surface area contributed by atoms with Crippen LogP contribution in [-0.4, -0.2) is 75.0 Å². The number of non-ortho nitro benzene ring substituents is 2. The first-order valence-electron chi connectivity index (χ1n) is 23.1. The highest BCUT2D eigenvalue weighted by molar-refractivity contribution is 6.03. The van der Waals surface area contributed by atoms with Crippen molar-refractivity contribution in [3.05, 3.63) is 171 Å². The molecule has 6 atom stereocenters. The number of amides is 1. The molecule has 4 aromatic carbocycles. The van der Waals surface area contributed by atoms with Gasteiger partial charge >= 0.3 is 6.09 Å². The molecule has 0 aromatic heterocycles. The zero-order valence-electron chi connectivity index (χ0n) is 38.2. The average molecular weight is 949 g/mol. The Hall–Kier alpha value is -6.95. The van der Waals surface area contributed by atoms with Crippen LogP contribution in [0, 0.1) is 43.8 Å². The molecule has 0 spiro atoms. The number of allylic oxidation sites excluding steroid dienone is 1. The number of carbonyl (C=O) groups is 1. The number of halogens is 1. The van der Waals surface area contributed by atoms with Crippen LogP contribution in [0.3, 0.4) is 0 Å². The maximum atomic E-state index is 14.7. The summed E-state index contributed by atoms with van der Waals surface area (Å²) in [4.78, 5) is 44.5. The van der Waals surface area contributed by atoms with Crippen molar-refractivity contribution in [1.29, 1.82) is 0 Å². The van der Waals surface area contributed by atoms with Gasteiger partial charge in [0.1, 0.15) is 35.7 Å². The van der Waals surface area contributed by atoms with Crippen LogP contribution in [0.5, 0.6) is 17.2 Å². The second-order valence-corrected chi connectivity index (χ2v) is 17.3. The van der Waals surface area contributed by atoms with Crippen molar-refractivity contribution in [2.75, 3.05) is 26.4 Å². The number of rotatable bonds is 24. The molecule has 3 aliphatic rings. The van der Waals surface area contributed by atoms with Gasteiger partial charge in [0.25, 0.3) is 11.4 Å². The third-order valence-corrected chi connectivity index (χ3v) is 12.9. The summed E-state index contributed by atoms with van der Waals surface area (Å²) < 4.78 is 40.9. The van der Waals surface area contributed by atoms with Crippen molar-refractivity contribution in [3.63, 3.8) is 0 Å². The predicted molar refractivity (Wildman–Crippen MR) is 254 cm³/mol. The molecular weight excluding hydrogens is 892 g/mol. The lowest BCUT2D eigenvalue weighted by Crippen LogP contribution is -2.70. The standard InChI is InChI=1S/C52H57FN4O12/c1-3-5-28-65-51(60)55(33-35-15-19-38(53)20-16-35)48-32-46(54-67-34-36-17-21-39(22-18-36)56(61)62)44-29-37(11-6-8-25-58)43(14-7-9-26-59)49-45-31-42(68-41-13-10-12-40(30-41)57(63)64)23-24-47(45)69-52(48,50(44)49)66-27-4-2/h3-4,10,12-13,15-24,29-31,37,43,48-50,58-59H,1-2,5-9,11,14,25-28,32-34H2/t37-,43+,48-,49+,50+,52+/m0/s1. The molecule has 2 N–H and O–H groups in total. The van der Waals surface area contributed by atoms with Gasteiger partial charge in [0.15, 0.2) is 0 Å². The van der Waals surface area contributed by atoms with Gasteiger partial charge < -0.3 is 34.0 Å². The van der Waals surface area contributed by atoms with Crippen LogP contribution in [0.2, 0.25) is 0 Å². The number of unbranched alkanes of at least 4 members (excludes halogenated alkanes) is 2. The van der Waals surface area contributed by atoms with Crippen LogP contribution < -0.4 is 9.47 Å². The molecule has 1 heterocycles. The molecule has 1 amide bonds. The Morgan fingerprint density at radius 2 is 1.59 bits per heavy atom. The van der Waals surface area contributed by atoms with Crippen molar-refractivity contribution in [2.24, 2.45) is 22.9 Å². The van der Waals surface area contributed by atoms with E-state index in [1.165, 1.54) is 41.3 Å². The van der Waals surface area contributed by atoms with Crippen LogP contribution in [0.25, 0.3) is 0 Å². The summed E-state index contributed by atoms with van der Waals surface area (Å²) >= 11 is 0. The number of ether oxygens (including phenoxy) is 4. The molecule has 0 unspecified atom stereocenters. The van der Waals surface area contributed by atoms with Crippen molar-refractivity contribution >= 4 is 23.2 Å². The molecule has 16 nitrogen and oxygen atoms in total. The van der Waals surface area contributed by atoms with Gasteiger partial charge in [0, 0.05) is 55.9 Å². The predicted octanol–water partition coefficient (Wildman–Crippen LogP) is 10.5. The topological polar surface area (TPSA) is 206 Å². The Morgan fingerprint density at radius 3 is 2.29 bits per heavy atom. The summed E-state index contributed by atoms with van der Waals surface area (Å²) in [5.41, 5.74) is 2.97. The van der Waals surface area contributed by atoms with Gasteiger partial charge in [-0.05, 0) is 109 Å². The minimum absolute atomic E-state index is 0.00948. The fraction of sp³-hybridized carbons (Fsp3) is 0.385. The fourth-order valence-electron chi connectivity index (χ4n) is 9.81. The number of aliphatic hydroxyl groups is 2. The first kappa shape index (κ1) is 49.9. The van der Waals surface area contributed by atoms with E-state index in [1.54, 1.807) is 60.7 Å². The normalized spacial score (nSPS) is 21.7. The molecule has 69 heavy (non-hydrogen) atoms. The molecular formula is C52H57FN4O12. The summed E-state index contributed by atoms with van der Waals surface area (Å²) in [7, 11) is 0. The number of fused-ring (bicyclic) bond motifs is 2. The molecule has 1 saturated carbocycles. The minimum Gasteiger partial charge on any atom is -0.459 e. The van der Waals surface area contributed by atoms with Crippen LogP contribution in [0.15, 0.2) is 133 Å². The lowest BCUT2D eigenvalue weighted by Gasteiger charge is -2.59. The van der Waals surface area contributed by atoms with E-state index in [2.05, 4.69) is 19.2 Å². The van der Waals surface area contributed by atoms with E-state index in [-0.39, 0.29) is 75.0 Å². The van der Waals surface area contributed by atoms with Gasteiger partial charge in [-0.15, -0.1) is 13.2 Å². The Labute approximate surface area is 399 Å². The van der Waals surface area contributed by atoms with Gasteiger partial charge in [-0.25, -0.2) is 9.18 Å². The van der Waals surface area contributed by atoms with Crippen molar-refractivity contribution in [2.45, 2.75) is 82.3 Å². The second-order valence-electron chi connectivity index (χ2n) is 17.3. The van der Waals surface area contributed by atoms with Crippen LogP contribution in [0.1, 0.15) is 74.0 Å². The van der Waals surface area contributed by atoms with Gasteiger partial charge in [-0.1, -0.05) is 54.4 Å². The molecule has 4 aromatic rings. The number of nitro benzene ring substituents is 2. The number of hydrogen-bond donors (Lipinski definition) is 2. The number of carbonyl (C=O) groups excluding carboxylic acids is 1. The molecule has 17 heteroatoms. The number of benzene rings is 4. The van der Waals surface area contributed by atoms with Gasteiger partial charge in [0.05, 0.1) is 40.8 Å². The second kappa shape index (κ2) is 23.4. The molecule has 7 rings (SSSR count). The summed E-state index contributed by atoms with van der Waals surface area (Å²) in [6, 6.07) is 22.0. The quantitative estimate of drug-likeness (QED) is 0.0291. The fourth-order valence-corrected chi connectivity index (χ4v) is 9.81. The van der Waals surface area contributed by atoms with Gasteiger partial charge in [-0.2, -0.15) is 0 Å². The SMILES string of the molecule is C=CCCOC(=O)N(Cc1ccc(F)cc1)[C@H]1CC(=NOCc2ccc([N+](=O)[O-])cc2)C2=C[C@H](CCCCO)[C@@H](CCCCO)[C@@H]3c4cc(Oc5cccc([N+](=O)[O-])c5)ccc4O[C@@]1(OCC=C)[C@H]23. The van der Waals surface area contributed by atoms with E-state index >= 15 is 0 Å². The lowest BCUT2D eigenvalue weighted by atomic mass is 9.55. The maximum absolute atomic E-state index is 14.7. The van der Waals surface area contributed by atoms with Crippen molar-refractivity contribution in [1.82, 2.24) is 4.90 Å². The first-order chi connectivity index (χ1) is 33.5. The van der Waals surface area contributed by atoms with E-state index in [4.69, 9.17) is 28.9 Å². The third-order valence-electron chi connectivity index (χ3n) is 12.9. The number of aliphatic hydroxyl groups excluding tert-OH is 2. The molecule has 1 aliphatic heterocycles. The van der Waals surface area contributed by atoms with Crippen LogP contribution in [0.4, 0.5) is 20.6 Å². The lowest BCUT2D eigenvalue weighted by molar-refractivity contribution is -0.385. The number of hydrogen-bond acceptors (Lipinski definition) is 13. The first-order valence-corrected chi connectivity index (χ1v) is 23.1. The van der Waals surface area contributed by atoms with Gasteiger partial charge in [0.2, 0.25) is 5.79 Å². The van der Waals surface area contributed by atoms with Crippen LogP contribution in [-0.2, 0) is 27.5 Å². The molecule has 0 saturated heterocycles. The maximum Gasteiger partial charge on any atom is 0.410 e. The summed E-state index contributed by atoms with van der Waals surface area (Å²) in [6.07, 6.45) is 8.92. The summed E-state index contributed by atoms with van der Waals surface area (Å²) in [5.74, 6) is -2.46. The largest absolute Gasteiger partial charge is 0.459 e. The van der Waals surface area contributed by atoms with E-state index in [0.29, 0.717) is 73.3 Å². The van der Waals surface area contributed by atoms with Crippen molar-refractivity contribution < 1.29 is 53.0 Å². The van der Waals surface area contributed by atoms with E-state index < -0.39 is 45.4 Å². The average Bonchev–Trinajstić information content (AvgIpc) is 3.35. The molecule has 0 bridgehead atoms. The number of nitrogens with zero attached hydrogens (tertiary/aromatic N) is 4. The van der Waals surface area contributed by atoms with Gasteiger partial charge in [-0.3, -0.25) is 25.1 Å². The highest BCUT2D eigenvalue weighted by atomic mass is 19.1. The Balaban J connectivity index is 1.45. The van der Waals surface area contributed by atoms with Crippen LogP contribution >= 0.6 is 0 Å². The Kier molecular flexibility index (Phi) is 16.9. The van der Waals surface area contributed by atoms with E-state index in [0.717, 1.165) is 11.1 Å². The summed E-state index contributed by atoms with van der Waals surface area (Å²) in [5, 5.41) is 47.9. The number of nitro groups is 2. The number of oxime groups is 1. The Bertz CT molecular complexity index is 2520. The third kappa shape index (κ3) is 11.7. The molecule has 2 aliphatic carbocycles. The van der Waals surface area contributed by atoms with E-state index in [1.807, 2.05) is 6.07 Å².